The van der Waals surface area contributed by atoms with Crippen LogP contribution in [0, 0.1) is 5.82 Å². The summed E-state index contributed by atoms with van der Waals surface area (Å²) in [5.41, 5.74) is 1.71. The van der Waals surface area contributed by atoms with Gasteiger partial charge in [-0.25, -0.2) is 4.39 Å². The lowest BCUT2D eigenvalue weighted by atomic mass is 10.1. The molecule has 0 amide bonds. The number of nitrogens with zero attached hydrogens (tertiary/aromatic N) is 1. The molecule has 16 heavy (non-hydrogen) atoms. The van der Waals surface area contributed by atoms with Gasteiger partial charge < -0.3 is 9.32 Å². The Balaban J connectivity index is 2.09. The quantitative estimate of drug-likeness (QED) is 0.729. The summed E-state index contributed by atoms with van der Waals surface area (Å²) in [7, 11) is 0. The largest absolute Gasteiger partial charge is 0.462 e. The smallest absolute Gasteiger partial charge is 0.157 e. The van der Waals surface area contributed by atoms with Crippen LogP contribution in [0.3, 0.4) is 0 Å². The van der Waals surface area contributed by atoms with Crippen LogP contribution in [0.1, 0.15) is 19.3 Å². The third kappa shape index (κ3) is 1.56. The van der Waals surface area contributed by atoms with Crippen molar-refractivity contribution in [2.45, 2.75) is 19.3 Å². The average Bonchev–Trinajstić information content (AvgIpc) is 2.77. The minimum absolute atomic E-state index is 0.186. The number of hydrogen-bond acceptors (Lipinski definition) is 2. The number of piperidine rings is 1. The second-order valence-electron chi connectivity index (χ2n) is 4.31. The minimum atomic E-state index is -0.186. The topological polar surface area (TPSA) is 16.4 Å². The molecule has 1 fully saturated rings. The van der Waals surface area contributed by atoms with Crippen LogP contribution in [0.2, 0.25) is 0 Å². The van der Waals surface area contributed by atoms with Crippen LogP contribution in [-0.2, 0) is 0 Å². The summed E-state index contributed by atoms with van der Waals surface area (Å²) in [6.07, 6.45) is 5.25. The minimum Gasteiger partial charge on any atom is -0.462 e. The Morgan fingerprint density at radius 1 is 1.12 bits per heavy atom. The number of rotatable bonds is 1. The number of benzene rings is 1. The fourth-order valence-electron chi connectivity index (χ4n) is 2.40. The summed E-state index contributed by atoms with van der Waals surface area (Å²) in [5, 5.41) is 0.848. The first-order chi connectivity index (χ1) is 7.84. The van der Waals surface area contributed by atoms with E-state index in [0.29, 0.717) is 0 Å². The van der Waals surface area contributed by atoms with Crippen molar-refractivity contribution in [1.29, 1.82) is 0 Å². The molecule has 1 aromatic heterocycles. The summed E-state index contributed by atoms with van der Waals surface area (Å²) in [5.74, 6) is -0.186. The van der Waals surface area contributed by atoms with E-state index < -0.39 is 0 Å². The number of halogens is 1. The first-order valence-electron chi connectivity index (χ1n) is 5.76. The van der Waals surface area contributed by atoms with Gasteiger partial charge in [0.15, 0.2) is 5.58 Å². The molecule has 2 aromatic rings. The van der Waals surface area contributed by atoms with E-state index in [-0.39, 0.29) is 5.82 Å². The molecule has 2 heterocycles. The Labute approximate surface area is 93.7 Å². The normalized spacial score (nSPS) is 16.9. The third-order valence-corrected chi connectivity index (χ3v) is 3.19. The molecule has 1 aromatic carbocycles. The molecule has 3 heteroatoms. The van der Waals surface area contributed by atoms with E-state index in [4.69, 9.17) is 4.42 Å². The molecule has 0 saturated carbocycles. The maximum atomic E-state index is 13.5. The monoisotopic (exact) mass is 219 g/mol. The van der Waals surface area contributed by atoms with E-state index in [0.717, 1.165) is 29.7 Å². The van der Waals surface area contributed by atoms with Gasteiger partial charge in [-0.1, -0.05) is 0 Å². The molecule has 0 spiro atoms. The number of hydrogen-bond donors (Lipinski definition) is 0. The van der Waals surface area contributed by atoms with Gasteiger partial charge in [0.05, 0.1) is 12.0 Å². The van der Waals surface area contributed by atoms with Gasteiger partial charge in [-0.2, -0.15) is 0 Å². The van der Waals surface area contributed by atoms with Crippen molar-refractivity contribution in [3.8, 4) is 0 Å². The molecule has 1 aliphatic heterocycles. The van der Waals surface area contributed by atoms with E-state index in [1.807, 2.05) is 6.07 Å². The zero-order valence-electron chi connectivity index (χ0n) is 9.08. The van der Waals surface area contributed by atoms with Crippen molar-refractivity contribution in [2.75, 3.05) is 18.0 Å². The molecule has 0 unspecified atom stereocenters. The molecular weight excluding hydrogens is 205 g/mol. The van der Waals surface area contributed by atoms with Gasteiger partial charge in [0.25, 0.3) is 0 Å². The molecule has 0 radical (unpaired) electrons. The van der Waals surface area contributed by atoms with Crippen LogP contribution in [0.5, 0.6) is 0 Å². The van der Waals surface area contributed by atoms with Crippen LogP contribution in [0.15, 0.2) is 28.9 Å². The Kier molecular flexibility index (Phi) is 2.31. The van der Waals surface area contributed by atoms with Gasteiger partial charge in [0.1, 0.15) is 5.82 Å². The summed E-state index contributed by atoms with van der Waals surface area (Å²) < 4.78 is 18.9. The van der Waals surface area contributed by atoms with Crippen molar-refractivity contribution >= 4 is 16.7 Å². The SMILES string of the molecule is Fc1cc(N2CCCCC2)c2occc2c1. The molecule has 3 rings (SSSR count). The molecular formula is C13H14FNO. The Hall–Kier alpha value is -1.51. The second-order valence-corrected chi connectivity index (χ2v) is 4.31. The van der Waals surface area contributed by atoms with Gasteiger partial charge >= 0.3 is 0 Å². The highest BCUT2D eigenvalue weighted by Gasteiger charge is 2.16. The van der Waals surface area contributed by atoms with Crippen molar-refractivity contribution < 1.29 is 8.81 Å². The average molecular weight is 219 g/mol. The zero-order valence-corrected chi connectivity index (χ0v) is 9.08. The summed E-state index contributed by atoms with van der Waals surface area (Å²) in [6, 6.07) is 4.91. The first kappa shape index (κ1) is 9.70. The van der Waals surface area contributed by atoms with Gasteiger partial charge in [-0.15, -0.1) is 0 Å². The number of furan rings is 1. The molecule has 0 aliphatic carbocycles. The fourth-order valence-corrected chi connectivity index (χ4v) is 2.40. The van der Waals surface area contributed by atoms with Crippen LogP contribution in [0.4, 0.5) is 10.1 Å². The number of anilines is 1. The standard InChI is InChI=1S/C13H14FNO/c14-11-8-10-4-7-16-13(10)12(9-11)15-5-2-1-3-6-15/h4,7-9H,1-3,5-6H2. The Morgan fingerprint density at radius 2 is 1.94 bits per heavy atom. The summed E-state index contributed by atoms with van der Waals surface area (Å²) in [4.78, 5) is 2.22. The van der Waals surface area contributed by atoms with Gasteiger partial charge in [0, 0.05) is 24.5 Å². The molecule has 2 nitrogen and oxygen atoms in total. The molecule has 1 aliphatic rings. The van der Waals surface area contributed by atoms with E-state index in [1.165, 1.54) is 25.3 Å². The Morgan fingerprint density at radius 3 is 2.75 bits per heavy atom. The highest BCUT2D eigenvalue weighted by atomic mass is 19.1. The third-order valence-electron chi connectivity index (χ3n) is 3.19. The van der Waals surface area contributed by atoms with Crippen molar-refractivity contribution in [1.82, 2.24) is 0 Å². The molecule has 0 bridgehead atoms. The highest BCUT2D eigenvalue weighted by Crippen LogP contribution is 2.30. The fraction of sp³-hybridized carbons (Fsp3) is 0.385. The first-order valence-corrected chi connectivity index (χ1v) is 5.76. The lowest BCUT2D eigenvalue weighted by molar-refractivity contribution is 0.565. The van der Waals surface area contributed by atoms with Crippen molar-refractivity contribution in [3.63, 3.8) is 0 Å². The van der Waals surface area contributed by atoms with E-state index in [2.05, 4.69) is 4.90 Å². The van der Waals surface area contributed by atoms with E-state index in [9.17, 15) is 4.39 Å². The van der Waals surface area contributed by atoms with Gasteiger partial charge in [0.2, 0.25) is 0 Å². The highest BCUT2D eigenvalue weighted by molar-refractivity contribution is 5.89. The van der Waals surface area contributed by atoms with Crippen LogP contribution >= 0.6 is 0 Å². The number of fused-ring (bicyclic) bond motifs is 1. The molecule has 1 saturated heterocycles. The molecule has 0 N–H and O–H groups in total. The maximum Gasteiger partial charge on any atom is 0.157 e. The van der Waals surface area contributed by atoms with Gasteiger partial charge in [-0.3, -0.25) is 0 Å². The predicted molar refractivity (Wildman–Crippen MR) is 62.2 cm³/mol. The van der Waals surface area contributed by atoms with E-state index >= 15 is 0 Å². The van der Waals surface area contributed by atoms with E-state index in [1.54, 1.807) is 12.3 Å². The lowest BCUT2D eigenvalue weighted by Gasteiger charge is -2.28. The summed E-state index contributed by atoms with van der Waals surface area (Å²) >= 11 is 0. The Bertz CT molecular complexity index is 500. The van der Waals surface area contributed by atoms with Crippen LogP contribution in [0.25, 0.3) is 11.0 Å². The lowest BCUT2D eigenvalue weighted by Crippen LogP contribution is -2.29. The predicted octanol–water partition coefficient (Wildman–Crippen LogP) is 3.56. The maximum absolute atomic E-state index is 13.5. The van der Waals surface area contributed by atoms with Crippen molar-refractivity contribution in [3.05, 3.63) is 30.3 Å². The molecule has 0 atom stereocenters. The second kappa shape index (κ2) is 3.81. The summed E-state index contributed by atoms with van der Waals surface area (Å²) in [6.45, 7) is 2.00. The molecule has 84 valence electrons. The van der Waals surface area contributed by atoms with Gasteiger partial charge in [-0.05, 0) is 31.4 Å². The zero-order chi connectivity index (χ0) is 11.0. The van der Waals surface area contributed by atoms with Crippen molar-refractivity contribution in [2.24, 2.45) is 0 Å². The van der Waals surface area contributed by atoms with Crippen LogP contribution in [-0.4, -0.2) is 13.1 Å². The van der Waals surface area contributed by atoms with Crippen LogP contribution < -0.4 is 4.90 Å².